The Morgan fingerprint density at radius 1 is 1.42 bits per heavy atom. The van der Waals surface area contributed by atoms with Crippen molar-refractivity contribution in [1.82, 2.24) is 9.97 Å². The Bertz CT molecular complexity index is 397. The monoisotopic (exact) mass is 246 g/mol. The summed E-state index contributed by atoms with van der Waals surface area (Å²) in [6.45, 7) is 2.05. The second kappa shape index (κ2) is 3.46. The molecule has 0 saturated carbocycles. The Labute approximate surface area is 84.9 Å². The van der Waals surface area contributed by atoms with Gasteiger partial charge in [0, 0.05) is 4.47 Å². The number of hydrogen-bond donors (Lipinski definition) is 1. The molecule has 4 heteroatoms. The zero-order chi connectivity index (χ0) is 7.84. The third-order valence-electron chi connectivity index (χ3n) is 1.68. The van der Waals surface area contributed by atoms with Crippen LogP contribution in [0.4, 0.5) is 0 Å². The summed E-state index contributed by atoms with van der Waals surface area (Å²) >= 11 is 3.42. The van der Waals surface area contributed by atoms with Crippen molar-refractivity contribution in [3.8, 4) is 0 Å². The van der Waals surface area contributed by atoms with Gasteiger partial charge in [0.25, 0.3) is 0 Å². The number of aromatic amines is 1. The molecule has 0 atom stereocenters. The van der Waals surface area contributed by atoms with Gasteiger partial charge in [0.05, 0.1) is 17.4 Å². The molecule has 0 fully saturated rings. The fraction of sp³-hybridized carbons (Fsp3) is 0.125. The molecular formula is C8H8BrClN2. The number of halogens is 2. The average Bonchev–Trinajstić information content (AvgIpc) is 2.34. The smallest absolute Gasteiger partial charge is 0.0931 e. The predicted octanol–water partition coefficient (Wildman–Crippen LogP) is 3.06. The third kappa shape index (κ3) is 1.47. The lowest BCUT2D eigenvalue weighted by atomic mass is 10.2. The van der Waals surface area contributed by atoms with Crippen molar-refractivity contribution in [2.24, 2.45) is 0 Å². The van der Waals surface area contributed by atoms with Crippen molar-refractivity contribution in [1.29, 1.82) is 0 Å². The van der Waals surface area contributed by atoms with Crippen LogP contribution in [0.15, 0.2) is 22.9 Å². The van der Waals surface area contributed by atoms with E-state index in [1.54, 1.807) is 6.33 Å². The summed E-state index contributed by atoms with van der Waals surface area (Å²) in [5, 5.41) is 0. The van der Waals surface area contributed by atoms with E-state index in [0.717, 1.165) is 15.5 Å². The van der Waals surface area contributed by atoms with Gasteiger partial charge in [-0.15, -0.1) is 12.4 Å². The quantitative estimate of drug-likeness (QED) is 0.761. The summed E-state index contributed by atoms with van der Waals surface area (Å²) in [5.41, 5.74) is 3.32. The molecule has 1 heterocycles. The lowest BCUT2D eigenvalue weighted by Gasteiger charge is -1.94. The highest BCUT2D eigenvalue weighted by Gasteiger charge is 1.99. The molecule has 0 aliphatic carbocycles. The van der Waals surface area contributed by atoms with E-state index >= 15 is 0 Å². The molecule has 2 aromatic rings. The minimum absolute atomic E-state index is 0. The highest BCUT2D eigenvalue weighted by atomic mass is 79.9. The van der Waals surface area contributed by atoms with Crippen LogP contribution in [-0.4, -0.2) is 9.97 Å². The normalized spacial score (nSPS) is 9.83. The molecule has 0 unspecified atom stereocenters. The predicted molar refractivity (Wildman–Crippen MR) is 55.8 cm³/mol. The van der Waals surface area contributed by atoms with Gasteiger partial charge < -0.3 is 4.98 Å². The fourth-order valence-electron chi connectivity index (χ4n) is 1.18. The van der Waals surface area contributed by atoms with E-state index in [2.05, 4.69) is 32.0 Å². The first-order valence-corrected chi connectivity index (χ1v) is 4.16. The molecule has 64 valence electrons. The van der Waals surface area contributed by atoms with Gasteiger partial charge in [0.1, 0.15) is 0 Å². The summed E-state index contributed by atoms with van der Waals surface area (Å²) in [7, 11) is 0. The van der Waals surface area contributed by atoms with Crippen LogP contribution in [0, 0.1) is 6.92 Å². The van der Waals surface area contributed by atoms with Crippen LogP contribution >= 0.6 is 28.3 Å². The maximum atomic E-state index is 4.18. The van der Waals surface area contributed by atoms with E-state index in [0.29, 0.717) is 0 Å². The van der Waals surface area contributed by atoms with Gasteiger partial charge in [-0.3, -0.25) is 0 Å². The van der Waals surface area contributed by atoms with Crippen molar-refractivity contribution in [2.45, 2.75) is 6.92 Å². The van der Waals surface area contributed by atoms with Crippen molar-refractivity contribution >= 4 is 39.4 Å². The van der Waals surface area contributed by atoms with Crippen LogP contribution in [0.3, 0.4) is 0 Å². The minimum atomic E-state index is 0. The van der Waals surface area contributed by atoms with Gasteiger partial charge in [0.15, 0.2) is 0 Å². The van der Waals surface area contributed by atoms with E-state index in [4.69, 9.17) is 0 Å². The summed E-state index contributed by atoms with van der Waals surface area (Å²) in [6, 6.07) is 4.08. The molecule has 0 aliphatic heterocycles. The average molecular weight is 248 g/mol. The summed E-state index contributed by atoms with van der Waals surface area (Å²) in [6.07, 6.45) is 1.71. The van der Waals surface area contributed by atoms with Crippen LogP contribution in [0.2, 0.25) is 0 Å². The van der Waals surface area contributed by atoms with Crippen LogP contribution < -0.4 is 0 Å². The zero-order valence-electron chi connectivity index (χ0n) is 6.47. The van der Waals surface area contributed by atoms with E-state index in [1.807, 2.05) is 13.0 Å². The number of aryl methyl sites for hydroxylation is 1. The molecule has 0 radical (unpaired) electrons. The number of hydrogen-bond acceptors (Lipinski definition) is 1. The molecule has 1 N–H and O–H groups in total. The number of aromatic nitrogens is 2. The van der Waals surface area contributed by atoms with Crippen molar-refractivity contribution in [3.63, 3.8) is 0 Å². The van der Waals surface area contributed by atoms with Gasteiger partial charge >= 0.3 is 0 Å². The molecule has 0 spiro atoms. The van der Waals surface area contributed by atoms with E-state index in [9.17, 15) is 0 Å². The highest BCUT2D eigenvalue weighted by Crippen LogP contribution is 2.20. The maximum Gasteiger partial charge on any atom is 0.0931 e. The number of nitrogens with zero attached hydrogens (tertiary/aromatic N) is 1. The first-order chi connectivity index (χ1) is 5.27. The first kappa shape index (κ1) is 9.55. The second-order valence-electron chi connectivity index (χ2n) is 2.52. The van der Waals surface area contributed by atoms with Crippen LogP contribution in [0.5, 0.6) is 0 Å². The SMILES string of the molecule is Cc1cc(Br)cc2[nH]cnc12.Cl. The van der Waals surface area contributed by atoms with Crippen molar-refractivity contribution in [2.75, 3.05) is 0 Å². The molecule has 0 amide bonds. The van der Waals surface area contributed by atoms with Gasteiger partial charge in [-0.25, -0.2) is 4.98 Å². The summed E-state index contributed by atoms with van der Waals surface area (Å²) in [4.78, 5) is 7.24. The summed E-state index contributed by atoms with van der Waals surface area (Å²) in [5.74, 6) is 0. The van der Waals surface area contributed by atoms with Crippen LogP contribution in [0.1, 0.15) is 5.56 Å². The Hall–Kier alpha value is -0.540. The Balaban J connectivity index is 0.000000720. The van der Waals surface area contributed by atoms with Crippen LogP contribution in [0.25, 0.3) is 11.0 Å². The second-order valence-corrected chi connectivity index (χ2v) is 3.44. The molecule has 0 aliphatic rings. The van der Waals surface area contributed by atoms with Gasteiger partial charge in [-0.1, -0.05) is 15.9 Å². The van der Waals surface area contributed by atoms with Crippen LogP contribution in [-0.2, 0) is 0 Å². The molecule has 2 nitrogen and oxygen atoms in total. The molecular weight excluding hydrogens is 239 g/mol. The molecule has 2 rings (SSSR count). The van der Waals surface area contributed by atoms with E-state index in [1.165, 1.54) is 5.56 Å². The lowest BCUT2D eigenvalue weighted by molar-refractivity contribution is 1.34. The summed E-state index contributed by atoms with van der Waals surface area (Å²) < 4.78 is 1.09. The number of nitrogens with one attached hydrogen (secondary N) is 1. The minimum Gasteiger partial charge on any atom is -0.345 e. The lowest BCUT2D eigenvalue weighted by Crippen LogP contribution is -1.76. The molecule has 0 bridgehead atoms. The number of fused-ring (bicyclic) bond motifs is 1. The van der Waals surface area contributed by atoms with E-state index < -0.39 is 0 Å². The Morgan fingerprint density at radius 3 is 2.92 bits per heavy atom. The van der Waals surface area contributed by atoms with E-state index in [-0.39, 0.29) is 12.4 Å². The zero-order valence-corrected chi connectivity index (χ0v) is 8.87. The van der Waals surface area contributed by atoms with Gasteiger partial charge in [-0.2, -0.15) is 0 Å². The Kier molecular flexibility index (Phi) is 2.75. The molecule has 1 aromatic carbocycles. The largest absolute Gasteiger partial charge is 0.345 e. The molecule has 0 saturated heterocycles. The van der Waals surface area contributed by atoms with Gasteiger partial charge in [0.2, 0.25) is 0 Å². The number of benzene rings is 1. The third-order valence-corrected chi connectivity index (χ3v) is 2.14. The van der Waals surface area contributed by atoms with Crippen molar-refractivity contribution < 1.29 is 0 Å². The topological polar surface area (TPSA) is 28.7 Å². The maximum absolute atomic E-state index is 4.18. The Morgan fingerprint density at radius 2 is 2.17 bits per heavy atom. The molecule has 12 heavy (non-hydrogen) atoms. The van der Waals surface area contributed by atoms with Gasteiger partial charge in [-0.05, 0) is 24.6 Å². The number of H-pyrrole nitrogens is 1. The number of imidazole rings is 1. The standard InChI is InChI=1S/C8H7BrN2.ClH/c1-5-2-6(9)3-7-8(5)11-4-10-7;/h2-4H,1H3,(H,10,11);1H. The first-order valence-electron chi connectivity index (χ1n) is 3.36. The fourth-order valence-corrected chi connectivity index (χ4v) is 1.76. The highest BCUT2D eigenvalue weighted by molar-refractivity contribution is 9.10. The van der Waals surface area contributed by atoms with Crippen molar-refractivity contribution in [3.05, 3.63) is 28.5 Å². The number of rotatable bonds is 0. The molecule has 1 aromatic heterocycles.